The zero-order chi connectivity index (χ0) is 13.7. The highest BCUT2D eigenvalue weighted by Crippen LogP contribution is 2.26. The van der Waals surface area contributed by atoms with E-state index in [9.17, 15) is 0 Å². The molecule has 0 saturated carbocycles. The molecule has 1 rings (SSSR count). The Morgan fingerprint density at radius 2 is 2.28 bits per heavy atom. The van der Waals surface area contributed by atoms with Crippen LogP contribution in [0.1, 0.15) is 27.2 Å². The molecule has 3 nitrogen and oxygen atoms in total. The summed E-state index contributed by atoms with van der Waals surface area (Å²) in [6.45, 7) is 12.1. The van der Waals surface area contributed by atoms with Gasteiger partial charge >= 0.3 is 0 Å². The second-order valence-electron chi connectivity index (χ2n) is 5.38. The van der Waals surface area contributed by atoms with Crippen molar-refractivity contribution in [1.82, 2.24) is 9.96 Å². The maximum Gasteiger partial charge on any atom is 0.0864 e. The van der Waals surface area contributed by atoms with Crippen molar-refractivity contribution in [2.45, 2.75) is 39.3 Å². The topological polar surface area (TPSA) is 15.7 Å². The van der Waals surface area contributed by atoms with E-state index in [-0.39, 0.29) is 0 Å². The van der Waals surface area contributed by atoms with Crippen molar-refractivity contribution in [3.05, 3.63) is 24.3 Å². The highest BCUT2D eigenvalue weighted by atomic mass is 16.7. The van der Waals surface area contributed by atoms with Crippen LogP contribution < -0.4 is 0 Å². The molecule has 0 bridgehead atoms. The third kappa shape index (κ3) is 3.67. The highest BCUT2D eigenvalue weighted by Gasteiger charge is 2.30. The van der Waals surface area contributed by atoms with Gasteiger partial charge in [-0.2, -0.15) is 5.06 Å². The Balaban J connectivity index is 2.85. The quantitative estimate of drug-likeness (QED) is 0.534. The minimum atomic E-state index is 0.345. The summed E-state index contributed by atoms with van der Waals surface area (Å²) in [5.41, 5.74) is 1.49. The van der Waals surface area contributed by atoms with E-state index in [0.717, 1.165) is 13.0 Å². The average molecular weight is 252 g/mol. The molecule has 2 atom stereocenters. The third-order valence-corrected chi connectivity index (χ3v) is 3.72. The molecule has 0 saturated heterocycles. The van der Waals surface area contributed by atoms with Crippen LogP contribution in [0.2, 0.25) is 0 Å². The molecule has 0 amide bonds. The standard InChI is InChI=1S/C15H28N2O/c1-7-9-18-17(6)15-11-16(5)13(8-2)10-14(15)12(3)4/h7,10,12-13,15H,1,8-9,11H2,2-6H3/t13-,15+/m1/s1. The Hall–Kier alpha value is -0.640. The van der Waals surface area contributed by atoms with Crippen molar-refractivity contribution in [3.8, 4) is 0 Å². The Bertz CT molecular complexity index is 299. The normalized spacial score (nSPS) is 25.6. The molecule has 0 N–H and O–H groups in total. The first-order chi connectivity index (χ1) is 8.51. The molecule has 0 spiro atoms. The average Bonchev–Trinajstić information content (AvgIpc) is 2.35. The molecule has 18 heavy (non-hydrogen) atoms. The van der Waals surface area contributed by atoms with E-state index in [1.807, 2.05) is 12.1 Å². The third-order valence-electron chi connectivity index (χ3n) is 3.72. The highest BCUT2D eigenvalue weighted by molar-refractivity contribution is 5.20. The molecule has 1 heterocycles. The fourth-order valence-electron chi connectivity index (χ4n) is 2.57. The zero-order valence-electron chi connectivity index (χ0n) is 12.5. The molecule has 1 aliphatic rings. The Labute approximate surface area is 112 Å². The maximum absolute atomic E-state index is 5.68. The van der Waals surface area contributed by atoms with Gasteiger partial charge in [0.05, 0.1) is 12.6 Å². The minimum absolute atomic E-state index is 0.345. The van der Waals surface area contributed by atoms with Gasteiger partial charge in [0.2, 0.25) is 0 Å². The summed E-state index contributed by atoms with van der Waals surface area (Å²) in [4.78, 5) is 8.08. The molecule has 3 heteroatoms. The van der Waals surface area contributed by atoms with E-state index in [4.69, 9.17) is 4.84 Å². The summed E-state index contributed by atoms with van der Waals surface area (Å²) in [7, 11) is 4.21. The van der Waals surface area contributed by atoms with Gasteiger partial charge < -0.3 is 0 Å². The smallest absolute Gasteiger partial charge is 0.0864 e. The summed E-state index contributed by atoms with van der Waals surface area (Å²) >= 11 is 0. The van der Waals surface area contributed by atoms with Crippen molar-refractivity contribution in [2.24, 2.45) is 5.92 Å². The van der Waals surface area contributed by atoms with E-state index in [1.54, 1.807) is 6.08 Å². The van der Waals surface area contributed by atoms with Crippen molar-refractivity contribution in [2.75, 3.05) is 27.2 Å². The number of hydrogen-bond donors (Lipinski definition) is 0. The van der Waals surface area contributed by atoms with Crippen LogP contribution >= 0.6 is 0 Å². The van der Waals surface area contributed by atoms with E-state index >= 15 is 0 Å². The first kappa shape index (κ1) is 15.4. The summed E-state index contributed by atoms with van der Waals surface area (Å²) in [5.74, 6) is 0.563. The van der Waals surface area contributed by atoms with Gasteiger partial charge in [0.15, 0.2) is 0 Å². The number of rotatable bonds is 6. The summed E-state index contributed by atoms with van der Waals surface area (Å²) in [6.07, 6.45) is 5.37. The fraction of sp³-hybridized carbons (Fsp3) is 0.733. The molecule has 0 unspecified atom stereocenters. The molecule has 0 fully saturated rings. The van der Waals surface area contributed by atoms with Gasteiger partial charge in [-0.15, -0.1) is 6.58 Å². The molecule has 0 aromatic carbocycles. The molecule has 0 aromatic rings. The lowest BCUT2D eigenvalue weighted by atomic mass is 9.89. The SMILES string of the molecule is C=CCON(C)[C@H]1CN(C)[C@H](CC)C=C1C(C)C. The lowest BCUT2D eigenvalue weighted by Crippen LogP contribution is -2.49. The van der Waals surface area contributed by atoms with Crippen LogP contribution in [0, 0.1) is 5.92 Å². The summed E-state index contributed by atoms with van der Waals surface area (Å²) < 4.78 is 0. The number of nitrogens with zero attached hydrogens (tertiary/aromatic N) is 2. The lowest BCUT2D eigenvalue weighted by Gasteiger charge is -2.41. The predicted molar refractivity (Wildman–Crippen MR) is 77.3 cm³/mol. The first-order valence-electron chi connectivity index (χ1n) is 6.89. The van der Waals surface area contributed by atoms with Gasteiger partial charge in [-0.05, 0) is 25.0 Å². The van der Waals surface area contributed by atoms with Crippen LogP contribution in [0.15, 0.2) is 24.3 Å². The Morgan fingerprint density at radius 3 is 2.78 bits per heavy atom. The van der Waals surface area contributed by atoms with Crippen LogP contribution in [0.3, 0.4) is 0 Å². The molecule has 104 valence electrons. The van der Waals surface area contributed by atoms with Gasteiger partial charge in [0, 0.05) is 19.6 Å². The van der Waals surface area contributed by atoms with Crippen LogP contribution in [0.25, 0.3) is 0 Å². The second kappa shape index (κ2) is 7.07. The maximum atomic E-state index is 5.68. The Kier molecular flexibility index (Phi) is 6.06. The first-order valence-corrected chi connectivity index (χ1v) is 6.89. The van der Waals surface area contributed by atoms with Gasteiger partial charge in [-0.25, -0.2) is 0 Å². The van der Waals surface area contributed by atoms with Gasteiger partial charge in [0.25, 0.3) is 0 Å². The summed E-state index contributed by atoms with van der Waals surface area (Å²) in [5, 5.41) is 1.98. The number of hydroxylamine groups is 2. The molecule has 1 aliphatic heterocycles. The van der Waals surface area contributed by atoms with E-state index in [2.05, 4.69) is 45.4 Å². The van der Waals surface area contributed by atoms with E-state index < -0.39 is 0 Å². The van der Waals surface area contributed by atoms with Gasteiger partial charge in [-0.3, -0.25) is 9.74 Å². The molecule has 0 aromatic heterocycles. The number of likely N-dealkylation sites (N-methyl/N-ethyl adjacent to an activating group) is 2. The van der Waals surface area contributed by atoms with Crippen LogP contribution in [-0.2, 0) is 4.84 Å². The van der Waals surface area contributed by atoms with Crippen molar-refractivity contribution in [1.29, 1.82) is 0 Å². The van der Waals surface area contributed by atoms with E-state index in [0.29, 0.717) is 24.6 Å². The minimum Gasteiger partial charge on any atom is -0.298 e. The largest absolute Gasteiger partial charge is 0.298 e. The van der Waals surface area contributed by atoms with Crippen LogP contribution in [0.5, 0.6) is 0 Å². The fourth-order valence-corrected chi connectivity index (χ4v) is 2.57. The zero-order valence-corrected chi connectivity index (χ0v) is 12.5. The molecule has 0 radical (unpaired) electrons. The number of hydrogen-bond acceptors (Lipinski definition) is 3. The van der Waals surface area contributed by atoms with E-state index in [1.165, 1.54) is 5.57 Å². The van der Waals surface area contributed by atoms with Gasteiger partial charge in [0.1, 0.15) is 0 Å². The molecular formula is C15H28N2O. The predicted octanol–water partition coefficient (Wildman–Crippen LogP) is 2.71. The monoisotopic (exact) mass is 252 g/mol. The van der Waals surface area contributed by atoms with Crippen molar-refractivity contribution >= 4 is 0 Å². The van der Waals surface area contributed by atoms with Crippen LogP contribution in [0.4, 0.5) is 0 Å². The summed E-state index contributed by atoms with van der Waals surface area (Å²) in [6, 6.07) is 0.907. The Morgan fingerprint density at radius 1 is 1.61 bits per heavy atom. The molecule has 0 aliphatic carbocycles. The van der Waals surface area contributed by atoms with Crippen molar-refractivity contribution in [3.63, 3.8) is 0 Å². The van der Waals surface area contributed by atoms with Crippen molar-refractivity contribution < 1.29 is 4.84 Å². The van der Waals surface area contributed by atoms with Gasteiger partial charge in [-0.1, -0.05) is 32.9 Å². The lowest BCUT2D eigenvalue weighted by molar-refractivity contribution is -0.155. The van der Waals surface area contributed by atoms with Crippen LogP contribution in [-0.4, -0.2) is 49.3 Å². The molecular weight excluding hydrogens is 224 g/mol. The second-order valence-corrected chi connectivity index (χ2v) is 5.38.